The number of carbonyl (C=O) groups excluding carboxylic acids is 2. The lowest BCUT2D eigenvalue weighted by Crippen LogP contribution is -2.16. The van der Waals surface area contributed by atoms with E-state index in [0.29, 0.717) is 26.9 Å². The van der Waals surface area contributed by atoms with E-state index in [1.54, 1.807) is 44.2 Å². The number of hydrogen-bond acceptors (Lipinski definition) is 6. The molecular formula is C26H22ClFN2O4S. The first-order chi connectivity index (χ1) is 16.7. The number of carbonyl (C=O) groups is 2. The van der Waals surface area contributed by atoms with Crippen molar-refractivity contribution in [2.75, 3.05) is 11.9 Å². The quantitative estimate of drug-likeness (QED) is 0.212. The molecule has 180 valence electrons. The van der Waals surface area contributed by atoms with Crippen LogP contribution in [0.4, 0.5) is 9.39 Å². The minimum absolute atomic E-state index is 0.146. The summed E-state index contributed by atoms with van der Waals surface area (Å²) < 4.78 is 24.1. The molecule has 1 N–H and O–H groups in total. The maximum absolute atomic E-state index is 13.1. The Bertz CT molecular complexity index is 1330. The van der Waals surface area contributed by atoms with Crippen LogP contribution in [0.3, 0.4) is 0 Å². The van der Waals surface area contributed by atoms with E-state index >= 15 is 0 Å². The smallest absolute Gasteiger partial charge is 0.341 e. The number of hydrogen-bond donors (Lipinski definition) is 1. The van der Waals surface area contributed by atoms with E-state index in [2.05, 4.69) is 5.32 Å². The van der Waals surface area contributed by atoms with E-state index in [1.807, 2.05) is 13.0 Å². The third kappa shape index (κ3) is 6.47. The molecule has 6 nitrogen and oxygen atoms in total. The van der Waals surface area contributed by atoms with Crippen molar-refractivity contribution in [1.29, 1.82) is 5.26 Å². The Kier molecular flexibility index (Phi) is 8.63. The van der Waals surface area contributed by atoms with Gasteiger partial charge in [0.2, 0.25) is 0 Å². The van der Waals surface area contributed by atoms with Crippen molar-refractivity contribution in [2.24, 2.45) is 0 Å². The molecule has 1 amide bonds. The van der Waals surface area contributed by atoms with Gasteiger partial charge in [-0.1, -0.05) is 23.7 Å². The SMILES string of the molecule is CCOC(=O)c1c(NC(=O)/C(C#N)=C/c2cc(Cl)ccc2OCc2ccc(F)cc2)sc(C)c1C. The molecule has 0 aliphatic rings. The van der Waals surface area contributed by atoms with Gasteiger partial charge in [-0.2, -0.15) is 5.26 Å². The molecule has 0 spiro atoms. The average molecular weight is 513 g/mol. The molecule has 0 unspecified atom stereocenters. The van der Waals surface area contributed by atoms with Crippen LogP contribution < -0.4 is 10.1 Å². The monoisotopic (exact) mass is 512 g/mol. The van der Waals surface area contributed by atoms with E-state index in [-0.39, 0.29) is 30.2 Å². The van der Waals surface area contributed by atoms with Gasteiger partial charge < -0.3 is 14.8 Å². The van der Waals surface area contributed by atoms with Crippen molar-refractivity contribution in [1.82, 2.24) is 0 Å². The molecule has 2 aromatic carbocycles. The van der Waals surface area contributed by atoms with Crippen molar-refractivity contribution in [3.8, 4) is 11.8 Å². The van der Waals surface area contributed by atoms with Crippen molar-refractivity contribution >= 4 is 45.9 Å². The second-order valence-electron chi connectivity index (χ2n) is 7.43. The van der Waals surface area contributed by atoms with Crippen LogP contribution in [0.25, 0.3) is 6.08 Å². The molecule has 35 heavy (non-hydrogen) atoms. The van der Waals surface area contributed by atoms with E-state index in [0.717, 1.165) is 10.4 Å². The lowest BCUT2D eigenvalue weighted by Gasteiger charge is -2.11. The van der Waals surface area contributed by atoms with Crippen LogP contribution in [-0.4, -0.2) is 18.5 Å². The van der Waals surface area contributed by atoms with Crippen LogP contribution in [0.5, 0.6) is 5.75 Å². The van der Waals surface area contributed by atoms with Crippen molar-refractivity contribution in [3.63, 3.8) is 0 Å². The Morgan fingerprint density at radius 1 is 1.20 bits per heavy atom. The van der Waals surface area contributed by atoms with Gasteiger partial charge in [0.05, 0.1) is 12.2 Å². The lowest BCUT2D eigenvalue weighted by molar-refractivity contribution is -0.112. The molecule has 3 rings (SSSR count). The highest BCUT2D eigenvalue weighted by atomic mass is 35.5. The number of nitriles is 1. The zero-order valence-electron chi connectivity index (χ0n) is 19.3. The summed E-state index contributed by atoms with van der Waals surface area (Å²) in [5.74, 6) is -1.20. The molecule has 1 heterocycles. The Labute approximate surface area is 211 Å². The highest BCUT2D eigenvalue weighted by Crippen LogP contribution is 2.34. The summed E-state index contributed by atoms with van der Waals surface area (Å²) in [6.45, 7) is 5.64. The van der Waals surface area contributed by atoms with E-state index in [9.17, 15) is 19.2 Å². The number of nitrogens with zero attached hydrogens (tertiary/aromatic N) is 1. The molecule has 9 heteroatoms. The first kappa shape index (κ1) is 25.9. The molecular weight excluding hydrogens is 491 g/mol. The number of ether oxygens (including phenoxy) is 2. The van der Waals surface area contributed by atoms with Crippen LogP contribution >= 0.6 is 22.9 Å². The summed E-state index contributed by atoms with van der Waals surface area (Å²) in [6, 6.07) is 12.6. The largest absolute Gasteiger partial charge is 0.488 e. The normalized spacial score (nSPS) is 11.0. The highest BCUT2D eigenvalue weighted by molar-refractivity contribution is 7.16. The van der Waals surface area contributed by atoms with Crippen LogP contribution in [0.15, 0.2) is 48.0 Å². The maximum atomic E-state index is 13.1. The number of esters is 1. The standard InChI is InChI=1S/C26H22ClFN2O4S/c1-4-33-26(32)23-15(2)16(3)35-25(23)30-24(31)19(13-29)11-18-12-20(27)7-10-22(18)34-14-17-5-8-21(28)9-6-17/h5-12H,4,14H2,1-3H3,(H,30,31)/b19-11+. The number of amides is 1. The lowest BCUT2D eigenvalue weighted by atomic mass is 10.1. The molecule has 1 aromatic heterocycles. The van der Waals surface area contributed by atoms with Crippen molar-refractivity contribution in [3.05, 3.63) is 86.0 Å². The second kappa shape index (κ2) is 11.6. The number of nitrogens with one attached hydrogen (secondary N) is 1. The third-order valence-corrected chi connectivity index (χ3v) is 6.39. The molecule has 0 radical (unpaired) electrons. The number of rotatable bonds is 8. The van der Waals surface area contributed by atoms with Crippen molar-refractivity contribution in [2.45, 2.75) is 27.4 Å². The third-order valence-electron chi connectivity index (χ3n) is 5.04. The topological polar surface area (TPSA) is 88.4 Å². The van der Waals surface area contributed by atoms with Gasteiger partial charge in [-0.05, 0) is 68.3 Å². The molecule has 0 aliphatic carbocycles. The fraction of sp³-hybridized carbons (Fsp3) is 0.192. The predicted molar refractivity (Wildman–Crippen MR) is 134 cm³/mol. The molecule has 0 saturated heterocycles. The zero-order valence-corrected chi connectivity index (χ0v) is 20.8. The fourth-order valence-corrected chi connectivity index (χ4v) is 4.37. The Morgan fingerprint density at radius 2 is 1.91 bits per heavy atom. The van der Waals surface area contributed by atoms with E-state index in [1.165, 1.54) is 29.5 Å². The first-order valence-electron chi connectivity index (χ1n) is 10.6. The summed E-state index contributed by atoms with van der Waals surface area (Å²) in [5.41, 5.74) is 1.92. The average Bonchev–Trinajstić information content (AvgIpc) is 3.10. The maximum Gasteiger partial charge on any atom is 0.341 e. The number of anilines is 1. The van der Waals surface area contributed by atoms with Gasteiger partial charge in [-0.25, -0.2) is 9.18 Å². The number of aryl methyl sites for hydroxylation is 1. The van der Waals surface area contributed by atoms with Gasteiger partial charge in [0.25, 0.3) is 5.91 Å². The van der Waals surface area contributed by atoms with Gasteiger partial charge in [-0.15, -0.1) is 11.3 Å². The van der Waals surface area contributed by atoms with E-state index in [4.69, 9.17) is 21.1 Å². The minimum atomic E-state index is -0.691. The number of halogens is 2. The number of thiophene rings is 1. The van der Waals surface area contributed by atoms with Gasteiger partial charge in [-0.3, -0.25) is 4.79 Å². The van der Waals surface area contributed by atoms with Gasteiger partial charge >= 0.3 is 5.97 Å². The summed E-state index contributed by atoms with van der Waals surface area (Å²) in [6.07, 6.45) is 1.36. The van der Waals surface area contributed by atoms with E-state index < -0.39 is 11.9 Å². The van der Waals surface area contributed by atoms with Crippen LogP contribution in [-0.2, 0) is 16.1 Å². The van der Waals surface area contributed by atoms with Crippen LogP contribution in [0.1, 0.15) is 38.8 Å². The zero-order chi connectivity index (χ0) is 25.5. The predicted octanol–water partition coefficient (Wildman–Crippen LogP) is 6.46. The first-order valence-corrected chi connectivity index (χ1v) is 11.8. The van der Waals surface area contributed by atoms with Gasteiger partial charge in [0, 0.05) is 15.5 Å². The number of benzene rings is 2. The van der Waals surface area contributed by atoms with Gasteiger partial charge in [0.1, 0.15) is 34.8 Å². The molecule has 0 aliphatic heterocycles. The molecule has 3 aromatic rings. The Morgan fingerprint density at radius 3 is 2.57 bits per heavy atom. The second-order valence-corrected chi connectivity index (χ2v) is 9.09. The van der Waals surface area contributed by atoms with Crippen LogP contribution in [0.2, 0.25) is 5.02 Å². The molecule has 0 atom stereocenters. The molecule has 0 bridgehead atoms. The van der Waals surface area contributed by atoms with Crippen LogP contribution in [0, 0.1) is 31.0 Å². The molecule has 0 fully saturated rings. The summed E-state index contributed by atoms with van der Waals surface area (Å²) in [7, 11) is 0. The summed E-state index contributed by atoms with van der Waals surface area (Å²) in [5, 5.41) is 13.0. The highest BCUT2D eigenvalue weighted by Gasteiger charge is 2.23. The van der Waals surface area contributed by atoms with Crippen molar-refractivity contribution < 1.29 is 23.5 Å². The Hall–Kier alpha value is -3.67. The minimum Gasteiger partial charge on any atom is -0.488 e. The fourth-order valence-electron chi connectivity index (χ4n) is 3.14. The summed E-state index contributed by atoms with van der Waals surface area (Å²) >= 11 is 7.36. The summed E-state index contributed by atoms with van der Waals surface area (Å²) in [4.78, 5) is 26.2. The van der Waals surface area contributed by atoms with Gasteiger partial charge in [0.15, 0.2) is 0 Å². The Balaban J connectivity index is 1.87. The molecule has 0 saturated carbocycles.